The lowest BCUT2D eigenvalue weighted by Crippen LogP contribution is -2.59. The Balaban J connectivity index is 2.59. The van der Waals surface area contributed by atoms with Gasteiger partial charge in [-0.1, -0.05) is 6.07 Å². The molecule has 1 aliphatic rings. The Morgan fingerprint density at radius 1 is 1.45 bits per heavy atom. The molecule has 1 aromatic rings. The Labute approximate surface area is 112 Å². The monoisotopic (exact) mass is 282 g/mol. The third kappa shape index (κ3) is 1.87. The Kier molecular flexibility index (Phi) is 3.13. The number of allylic oxidation sites excluding steroid dienone is 1. The minimum Gasteiger partial charge on any atom is -0.344 e. The molecule has 1 aromatic heterocycles. The van der Waals surface area contributed by atoms with E-state index in [-0.39, 0.29) is 11.5 Å². The van der Waals surface area contributed by atoms with Crippen molar-refractivity contribution in [3.63, 3.8) is 0 Å². The number of alkyl halides is 3. The number of pyridine rings is 1. The third-order valence-electron chi connectivity index (χ3n) is 2.91. The first-order chi connectivity index (χ1) is 9.33. The van der Waals surface area contributed by atoms with Gasteiger partial charge in [0.05, 0.1) is 11.6 Å². The van der Waals surface area contributed by atoms with E-state index in [9.17, 15) is 18.0 Å². The first-order valence-electron chi connectivity index (χ1n) is 5.52. The number of nitrogens with one attached hydrogen (secondary N) is 2. The highest BCUT2D eigenvalue weighted by Crippen LogP contribution is 2.42. The molecular weight excluding hydrogens is 273 g/mol. The third-order valence-corrected chi connectivity index (χ3v) is 2.91. The second kappa shape index (κ2) is 4.52. The van der Waals surface area contributed by atoms with Crippen LogP contribution in [0.2, 0.25) is 0 Å². The lowest BCUT2D eigenvalue weighted by Gasteiger charge is -2.30. The Bertz CT molecular complexity index is 618. The summed E-state index contributed by atoms with van der Waals surface area (Å²) in [6.45, 7) is 1.24. The van der Waals surface area contributed by atoms with E-state index >= 15 is 0 Å². The van der Waals surface area contributed by atoms with Gasteiger partial charge in [-0.3, -0.25) is 4.79 Å². The van der Waals surface area contributed by atoms with Gasteiger partial charge in [0.1, 0.15) is 5.82 Å². The summed E-state index contributed by atoms with van der Waals surface area (Å²) in [5, 5.41) is 13.1. The Morgan fingerprint density at radius 2 is 2.15 bits per heavy atom. The fourth-order valence-corrected chi connectivity index (χ4v) is 1.98. The highest BCUT2D eigenvalue weighted by Gasteiger charge is 2.66. The normalized spacial score (nSPS) is 22.4. The number of nitriles is 1. The minimum atomic E-state index is -4.99. The van der Waals surface area contributed by atoms with Crippen molar-refractivity contribution in [2.75, 3.05) is 5.32 Å². The molecule has 0 bridgehead atoms. The Hall–Kier alpha value is -2.56. The number of aromatic nitrogens is 1. The van der Waals surface area contributed by atoms with Crippen LogP contribution in [0.4, 0.5) is 19.0 Å². The molecule has 0 saturated carbocycles. The maximum absolute atomic E-state index is 13.4. The lowest BCUT2D eigenvalue weighted by molar-refractivity contribution is -0.174. The number of rotatable bonds is 2. The molecule has 2 rings (SSSR count). The number of hydrogen-bond donors (Lipinski definition) is 2. The molecule has 0 saturated heterocycles. The van der Waals surface area contributed by atoms with Crippen LogP contribution in [0.25, 0.3) is 0 Å². The zero-order chi connectivity index (χ0) is 15.0. The van der Waals surface area contributed by atoms with Crippen molar-refractivity contribution in [2.24, 2.45) is 0 Å². The molecule has 0 aliphatic carbocycles. The fraction of sp³-hybridized carbons (Fsp3) is 0.250. The van der Waals surface area contributed by atoms with Crippen LogP contribution in [0.15, 0.2) is 35.7 Å². The van der Waals surface area contributed by atoms with Gasteiger partial charge in [-0.2, -0.15) is 18.4 Å². The summed E-state index contributed by atoms with van der Waals surface area (Å²) in [4.78, 5) is 15.5. The number of amides is 1. The smallest absolute Gasteiger partial charge is 0.344 e. The highest BCUT2D eigenvalue weighted by atomic mass is 19.4. The molecule has 104 valence electrons. The number of hydrogen-bond acceptors (Lipinski definition) is 4. The molecule has 2 N–H and O–H groups in total. The topological polar surface area (TPSA) is 77.8 Å². The van der Waals surface area contributed by atoms with Crippen molar-refractivity contribution in [1.82, 2.24) is 10.3 Å². The van der Waals surface area contributed by atoms with Crippen LogP contribution in [-0.4, -0.2) is 22.6 Å². The first kappa shape index (κ1) is 13.9. The number of nitrogens with zero attached hydrogens (tertiary/aromatic N) is 2. The summed E-state index contributed by atoms with van der Waals surface area (Å²) < 4.78 is 40.3. The van der Waals surface area contributed by atoms with Crippen LogP contribution in [0.3, 0.4) is 0 Å². The quantitative estimate of drug-likeness (QED) is 0.865. The van der Waals surface area contributed by atoms with Crippen LogP contribution in [0.1, 0.15) is 6.92 Å². The molecule has 1 amide bonds. The maximum atomic E-state index is 13.4. The standard InChI is InChI=1S/C12H9F3N4O/c1-7-8(6-16)11(10(20)18-7,12(13,14)15)19-9-4-2-3-5-17-9/h2-5H,1H3,(H,17,19)(H,18,20). The van der Waals surface area contributed by atoms with E-state index in [0.29, 0.717) is 0 Å². The molecule has 0 spiro atoms. The molecule has 0 radical (unpaired) electrons. The van der Waals surface area contributed by atoms with Gasteiger partial charge in [-0.25, -0.2) is 4.98 Å². The average molecular weight is 282 g/mol. The molecule has 1 atom stereocenters. The zero-order valence-electron chi connectivity index (χ0n) is 10.2. The van der Waals surface area contributed by atoms with Gasteiger partial charge in [0.25, 0.3) is 11.4 Å². The second-order valence-corrected chi connectivity index (χ2v) is 4.15. The largest absolute Gasteiger partial charge is 0.425 e. The molecular formula is C12H9F3N4O. The van der Waals surface area contributed by atoms with E-state index in [1.807, 2.05) is 10.6 Å². The van der Waals surface area contributed by atoms with Crippen LogP contribution >= 0.6 is 0 Å². The van der Waals surface area contributed by atoms with Gasteiger partial charge in [-0.15, -0.1) is 0 Å². The molecule has 20 heavy (non-hydrogen) atoms. The summed E-state index contributed by atoms with van der Waals surface area (Å²) in [5.74, 6) is -1.49. The summed E-state index contributed by atoms with van der Waals surface area (Å²) in [6, 6.07) is 5.72. The predicted molar refractivity (Wildman–Crippen MR) is 63.1 cm³/mol. The van der Waals surface area contributed by atoms with E-state index in [2.05, 4.69) is 4.98 Å². The molecule has 0 aromatic carbocycles. The summed E-state index contributed by atoms with van der Waals surface area (Å²) in [6.07, 6.45) is -3.71. The van der Waals surface area contributed by atoms with E-state index in [1.54, 1.807) is 0 Å². The first-order valence-corrected chi connectivity index (χ1v) is 5.52. The molecule has 8 heteroatoms. The van der Waals surface area contributed by atoms with Gasteiger partial charge >= 0.3 is 6.18 Å². The van der Waals surface area contributed by atoms with Crippen molar-refractivity contribution in [3.05, 3.63) is 35.7 Å². The second-order valence-electron chi connectivity index (χ2n) is 4.15. The number of halogens is 3. The number of anilines is 1. The van der Waals surface area contributed by atoms with E-state index < -0.39 is 23.2 Å². The highest BCUT2D eigenvalue weighted by molar-refractivity contribution is 6.00. The predicted octanol–water partition coefficient (Wildman–Crippen LogP) is 1.72. The van der Waals surface area contributed by atoms with Crippen molar-refractivity contribution in [2.45, 2.75) is 18.6 Å². The van der Waals surface area contributed by atoms with Crippen LogP contribution in [0, 0.1) is 11.3 Å². The number of carbonyl (C=O) groups excluding carboxylic acids is 1. The fourth-order valence-electron chi connectivity index (χ4n) is 1.98. The van der Waals surface area contributed by atoms with Crippen molar-refractivity contribution in [1.29, 1.82) is 5.26 Å². The van der Waals surface area contributed by atoms with Crippen molar-refractivity contribution >= 4 is 11.7 Å². The summed E-state index contributed by atoms with van der Waals surface area (Å²) in [5.41, 5.74) is -3.95. The molecule has 1 aliphatic heterocycles. The van der Waals surface area contributed by atoms with E-state index in [4.69, 9.17) is 5.26 Å². The van der Waals surface area contributed by atoms with Gasteiger partial charge in [0, 0.05) is 11.9 Å². The van der Waals surface area contributed by atoms with Crippen LogP contribution in [-0.2, 0) is 4.79 Å². The van der Waals surface area contributed by atoms with Gasteiger partial charge < -0.3 is 10.6 Å². The average Bonchev–Trinajstić information content (AvgIpc) is 2.61. The van der Waals surface area contributed by atoms with Crippen molar-refractivity contribution < 1.29 is 18.0 Å². The van der Waals surface area contributed by atoms with Crippen molar-refractivity contribution in [3.8, 4) is 6.07 Å². The van der Waals surface area contributed by atoms with E-state index in [0.717, 1.165) is 0 Å². The molecule has 2 heterocycles. The SMILES string of the molecule is CC1=C(C#N)C(Nc2ccccn2)(C(F)(F)F)C(=O)N1. The molecule has 1 unspecified atom stereocenters. The maximum Gasteiger partial charge on any atom is 0.425 e. The lowest BCUT2D eigenvalue weighted by atomic mass is 9.90. The van der Waals surface area contributed by atoms with Gasteiger partial charge in [0.2, 0.25) is 0 Å². The van der Waals surface area contributed by atoms with E-state index in [1.165, 1.54) is 37.4 Å². The minimum absolute atomic E-state index is 0.127. The molecule has 5 nitrogen and oxygen atoms in total. The van der Waals surface area contributed by atoms with Gasteiger partial charge in [0.15, 0.2) is 0 Å². The number of carbonyl (C=O) groups is 1. The Morgan fingerprint density at radius 3 is 2.65 bits per heavy atom. The van der Waals surface area contributed by atoms with Gasteiger partial charge in [-0.05, 0) is 19.1 Å². The zero-order valence-corrected chi connectivity index (χ0v) is 10.2. The summed E-state index contributed by atoms with van der Waals surface area (Å²) >= 11 is 0. The molecule has 0 fully saturated rings. The van der Waals surface area contributed by atoms with Crippen LogP contribution < -0.4 is 10.6 Å². The van der Waals surface area contributed by atoms with Crippen LogP contribution in [0.5, 0.6) is 0 Å². The summed E-state index contributed by atoms with van der Waals surface area (Å²) in [7, 11) is 0.